The summed E-state index contributed by atoms with van der Waals surface area (Å²) < 4.78 is 12.4. The van der Waals surface area contributed by atoms with Crippen molar-refractivity contribution in [3.63, 3.8) is 0 Å². The molecule has 0 aliphatic heterocycles. The van der Waals surface area contributed by atoms with E-state index >= 15 is 0 Å². The second-order valence-electron chi connectivity index (χ2n) is 4.69. The van der Waals surface area contributed by atoms with Crippen LogP contribution in [0.25, 0.3) is 0 Å². The Labute approximate surface area is 133 Å². The molecule has 22 heavy (non-hydrogen) atoms. The molecule has 0 aliphatic carbocycles. The van der Waals surface area contributed by atoms with Gasteiger partial charge in [0, 0.05) is 12.3 Å². The molecule has 0 aliphatic rings. The van der Waals surface area contributed by atoms with Gasteiger partial charge in [-0.05, 0) is 37.1 Å². The van der Waals surface area contributed by atoms with Crippen LogP contribution in [0.1, 0.15) is 19.8 Å². The van der Waals surface area contributed by atoms with E-state index in [1.807, 2.05) is 31.2 Å². The average molecular weight is 323 g/mol. The number of rotatable bonds is 9. The zero-order valence-corrected chi connectivity index (χ0v) is 13.7. The smallest absolute Gasteiger partial charge is 0.343 e. The predicted molar refractivity (Wildman–Crippen MR) is 87.0 cm³/mol. The third-order valence-electron chi connectivity index (χ3n) is 3.02. The van der Waals surface area contributed by atoms with Gasteiger partial charge in [-0.1, -0.05) is 18.7 Å². The molecule has 0 radical (unpaired) electrons. The highest BCUT2D eigenvalue weighted by Gasteiger charge is 2.07. The van der Waals surface area contributed by atoms with E-state index in [2.05, 4.69) is 10.2 Å². The third kappa shape index (κ3) is 4.56. The van der Waals surface area contributed by atoms with Crippen LogP contribution >= 0.6 is 11.8 Å². The fourth-order valence-electron chi connectivity index (χ4n) is 1.92. The zero-order chi connectivity index (χ0) is 15.8. The molecule has 0 amide bonds. The van der Waals surface area contributed by atoms with Gasteiger partial charge >= 0.3 is 5.69 Å². The highest BCUT2D eigenvalue weighted by Crippen LogP contribution is 2.18. The Balaban J connectivity index is 1.72. The quantitative estimate of drug-likeness (QED) is 0.567. The van der Waals surface area contributed by atoms with E-state index in [0.717, 1.165) is 35.2 Å². The van der Waals surface area contributed by atoms with E-state index in [4.69, 9.17) is 9.47 Å². The molecular formula is C15H21N3O3S. The Hall–Kier alpha value is -1.89. The summed E-state index contributed by atoms with van der Waals surface area (Å²) in [6.07, 6.45) is 1.79. The number of thioether (sulfide) groups is 1. The number of aromatic nitrogens is 3. The standard InChI is InChI=1S/C15H21N3O3S/c1-3-9-18-14(19)16-17-15(18)22-11-4-10-21-13-7-5-12(20-2)6-8-13/h5-8H,3-4,9-11H2,1-2H3,(H,16,19). The summed E-state index contributed by atoms with van der Waals surface area (Å²) in [5.74, 6) is 2.49. The zero-order valence-electron chi connectivity index (χ0n) is 12.9. The van der Waals surface area contributed by atoms with Gasteiger partial charge < -0.3 is 9.47 Å². The maximum atomic E-state index is 11.6. The molecule has 2 rings (SSSR count). The number of nitrogens with one attached hydrogen (secondary N) is 1. The van der Waals surface area contributed by atoms with E-state index in [1.165, 1.54) is 0 Å². The van der Waals surface area contributed by atoms with Crippen LogP contribution in [0.3, 0.4) is 0 Å². The van der Waals surface area contributed by atoms with Gasteiger partial charge in [0.05, 0.1) is 13.7 Å². The van der Waals surface area contributed by atoms with Crippen molar-refractivity contribution in [1.82, 2.24) is 14.8 Å². The van der Waals surface area contributed by atoms with Crippen LogP contribution in [0.2, 0.25) is 0 Å². The van der Waals surface area contributed by atoms with Crippen molar-refractivity contribution < 1.29 is 9.47 Å². The summed E-state index contributed by atoms with van der Waals surface area (Å²) in [6, 6.07) is 7.52. The maximum Gasteiger partial charge on any atom is 0.343 e. The van der Waals surface area contributed by atoms with E-state index in [0.29, 0.717) is 13.2 Å². The van der Waals surface area contributed by atoms with Gasteiger partial charge in [-0.2, -0.15) is 0 Å². The highest BCUT2D eigenvalue weighted by molar-refractivity contribution is 7.99. The Bertz CT molecular complexity index is 622. The minimum atomic E-state index is -0.140. The Morgan fingerprint density at radius 1 is 1.27 bits per heavy atom. The Morgan fingerprint density at radius 3 is 2.68 bits per heavy atom. The molecule has 0 spiro atoms. The predicted octanol–water partition coefficient (Wildman–Crippen LogP) is 2.55. The number of hydrogen-bond donors (Lipinski definition) is 1. The monoisotopic (exact) mass is 323 g/mol. The molecule has 0 saturated heterocycles. The van der Waals surface area contributed by atoms with Crippen LogP contribution < -0.4 is 15.2 Å². The summed E-state index contributed by atoms with van der Waals surface area (Å²) in [6.45, 7) is 3.36. The third-order valence-corrected chi connectivity index (χ3v) is 4.08. The number of aromatic amines is 1. The van der Waals surface area contributed by atoms with Crippen LogP contribution in [0.5, 0.6) is 11.5 Å². The van der Waals surface area contributed by atoms with Gasteiger partial charge in [-0.25, -0.2) is 9.89 Å². The van der Waals surface area contributed by atoms with Crippen LogP contribution in [0.15, 0.2) is 34.2 Å². The molecule has 2 aromatic rings. The Kier molecular flexibility index (Phi) is 6.39. The molecule has 120 valence electrons. The molecule has 7 heteroatoms. The highest BCUT2D eigenvalue weighted by atomic mass is 32.2. The summed E-state index contributed by atoms with van der Waals surface area (Å²) in [5.41, 5.74) is -0.140. The van der Waals surface area contributed by atoms with E-state index in [9.17, 15) is 4.79 Å². The fourth-order valence-corrected chi connectivity index (χ4v) is 2.80. The van der Waals surface area contributed by atoms with Crippen LogP contribution in [-0.2, 0) is 6.54 Å². The first-order valence-corrected chi connectivity index (χ1v) is 8.28. The van der Waals surface area contributed by atoms with Gasteiger partial charge in [0.2, 0.25) is 0 Å². The topological polar surface area (TPSA) is 69.1 Å². The summed E-state index contributed by atoms with van der Waals surface area (Å²) in [4.78, 5) is 11.6. The summed E-state index contributed by atoms with van der Waals surface area (Å²) >= 11 is 1.57. The molecule has 0 fully saturated rings. The minimum Gasteiger partial charge on any atom is -0.497 e. The van der Waals surface area contributed by atoms with Gasteiger partial charge in [0.15, 0.2) is 5.16 Å². The van der Waals surface area contributed by atoms with Crippen molar-refractivity contribution in [2.45, 2.75) is 31.5 Å². The lowest BCUT2D eigenvalue weighted by Crippen LogP contribution is -2.17. The van der Waals surface area contributed by atoms with Crippen LogP contribution in [0.4, 0.5) is 0 Å². The SMILES string of the molecule is CCCn1c(SCCCOc2ccc(OC)cc2)n[nH]c1=O. The molecular weight excluding hydrogens is 302 g/mol. The first-order valence-electron chi connectivity index (χ1n) is 7.29. The number of methoxy groups -OCH3 is 1. The molecule has 0 unspecified atom stereocenters. The molecule has 1 heterocycles. The fraction of sp³-hybridized carbons (Fsp3) is 0.467. The van der Waals surface area contributed by atoms with Crippen molar-refractivity contribution in [1.29, 1.82) is 0 Å². The number of hydrogen-bond acceptors (Lipinski definition) is 5. The molecule has 0 saturated carbocycles. The first kappa shape index (κ1) is 16.5. The molecule has 1 aromatic heterocycles. The second kappa shape index (κ2) is 8.53. The maximum absolute atomic E-state index is 11.6. The van der Waals surface area contributed by atoms with Gasteiger partial charge in [0.25, 0.3) is 0 Å². The second-order valence-corrected chi connectivity index (χ2v) is 5.75. The van der Waals surface area contributed by atoms with Crippen molar-refractivity contribution in [2.24, 2.45) is 0 Å². The van der Waals surface area contributed by atoms with Crippen LogP contribution in [0, 0.1) is 0 Å². The largest absolute Gasteiger partial charge is 0.497 e. The Morgan fingerprint density at radius 2 is 2.00 bits per heavy atom. The molecule has 1 N–H and O–H groups in total. The number of nitrogens with zero attached hydrogens (tertiary/aromatic N) is 2. The number of ether oxygens (including phenoxy) is 2. The molecule has 6 nitrogen and oxygen atoms in total. The van der Waals surface area contributed by atoms with E-state index < -0.39 is 0 Å². The van der Waals surface area contributed by atoms with Crippen molar-refractivity contribution in [3.8, 4) is 11.5 Å². The van der Waals surface area contributed by atoms with Crippen LogP contribution in [-0.4, -0.2) is 34.2 Å². The minimum absolute atomic E-state index is 0.140. The molecule has 0 bridgehead atoms. The lowest BCUT2D eigenvalue weighted by Gasteiger charge is -2.07. The van der Waals surface area contributed by atoms with Crippen molar-refractivity contribution in [3.05, 3.63) is 34.7 Å². The lowest BCUT2D eigenvalue weighted by atomic mass is 10.3. The average Bonchev–Trinajstić information content (AvgIpc) is 2.89. The molecule has 0 atom stereocenters. The van der Waals surface area contributed by atoms with E-state index in [1.54, 1.807) is 23.4 Å². The normalized spacial score (nSPS) is 10.6. The van der Waals surface area contributed by atoms with Crippen molar-refractivity contribution >= 4 is 11.8 Å². The molecule has 1 aromatic carbocycles. The summed E-state index contributed by atoms with van der Waals surface area (Å²) in [7, 11) is 1.64. The summed E-state index contributed by atoms with van der Waals surface area (Å²) in [5, 5.41) is 7.28. The first-order chi connectivity index (χ1) is 10.7. The van der Waals surface area contributed by atoms with E-state index in [-0.39, 0.29) is 5.69 Å². The van der Waals surface area contributed by atoms with Gasteiger partial charge in [-0.15, -0.1) is 5.10 Å². The van der Waals surface area contributed by atoms with Gasteiger partial charge in [0.1, 0.15) is 11.5 Å². The van der Waals surface area contributed by atoms with Crippen molar-refractivity contribution in [2.75, 3.05) is 19.5 Å². The number of H-pyrrole nitrogens is 1. The van der Waals surface area contributed by atoms with Gasteiger partial charge in [-0.3, -0.25) is 4.57 Å². The lowest BCUT2D eigenvalue weighted by molar-refractivity contribution is 0.318. The number of benzene rings is 1.